The maximum Gasteiger partial charge on any atom is 0.0693 e. The highest BCUT2D eigenvalue weighted by molar-refractivity contribution is 5.85. The van der Waals surface area contributed by atoms with Crippen molar-refractivity contribution in [1.29, 1.82) is 0 Å². The Hall–Kier alpha value is -1.38. The van der Waals surface area contributed by atoms with Crippen molar-refractivity contribution >= 4 is 10.8 Å². The summed E-state index contributed by atoms with van der Waals surface area (Å²) >= 11 is 0. The van der Waals surface area contributed by atoms with Gasteiger partial charge in [0.05, 0.1) is 6.10 Å². The number of aliphatic hydroxyl groups excluding tert-OH is 1. The first-order valence-electron chi connectivity index (χ1n) is 6.73. The SMILES string of the molecule is OC1CCCC1NCc1cccc2ccccc12. The van der Waals surface area contributed by atoms with Gasteiger partial charge in [-0.3, -0.25) is 0 Å². The summed E-state index contributed by atoms with van der Waals surface area (Å²) in [6.45, 7) is 0.836. The van der Waals surface area contributed by atoms with E-state index in [1.54, 1.807) is 0 Å². The molecule has 0 aromatic heterocycles. The minimum atomic E-state index is -0.167. The van der Waals surface area contributed by atoms with E-state index in [4.69, 9.17) is 0 Å². The average molecular weight is 241 g/mol. The maximum atomic E-state index is 9.82. The van der Waals surface area contributed by atoms with E-state index in [9.17, 15) is 5.11 Å². The van der Waals surface area contributed by atoms with Gasteiger partial charge in [-0.05, 0) is 35.6 Å². The van der Waals surface area contributed by atoms with Crippen LogP contribution < -0.4 is 5.32 Å². The maximum absolute atomic E-state index is 9.82. The summed E-state index contributed by atoms with van der Waals surface area (Å²) in [4.78, 5) is 0. The van der Waals surface area contributed by atoms with Crippen molar-refractivity contribution in [1.82, 2.24) is 5.32 Å². The summed E-state index contributed by atoms with van der Waals surface area (Å²) in [5.74, 6) is 0. The lowest BCUT2D eigenvalue weighted by atomic mass is 10.0. The van der Waals surface area contributed by atoms with Gasteiger partial charge < -0.3 is 10.4 Å². The van der Waals surface area contributed by atoms with E-state index in [0.29, 0.717) is 0 Å². The third kappa shape index (κ3) is 2.26. The molecule has 1 saturated carbocycles. The molecule has 94 valence electrons. The minimum Gasteiger partial charge on any atom is -0.392 e. The molecule has 0 saturated heterocycles. The van der Waals surface area contributed by atoms with Crippen LogP contribution in [0.2, 0.25) is 0 Å². The molecule has 0 heterocycles. The molecule has 3 rings (SSSR count). The number of aliphatic hydroxyl groups is 1. The second-order valence-electron chi connectivity index (χ2n) is 5.12. The molecule has 18 heavy (non-hydrogen) atoms. The number of rotatable bonds is 3. The highest BCUT2D eigenvalue weighted by atomic mass is 16.3. The minimum absolute atomic E-state index is 0.167. The Morgan fingerprint density at radius 3 is 2.72 bits per heavy atom. The molecular formula is C16H19NO. The van der Waals surface area contributed by atoms with Crippen molar-refractivity contribution in [3.63, 3.8) is 0 Å². The molecule has 0 radical (unpaired) electrons. The van der Waals surface area contributed by atoms with Gasteiger partial charge in [0.1, 0.15) is 0 Å². The molecule has 0 bridgehead atoms. The van der Waals surface area contributed by atoms with Crippen LogP contribution in [0.15, 0.2) is 42.5 Å². The fourth-order valence-corrected chi connectivity index (χ4v) is 2.87. The fraction of sp³-hybridized carbons (Fsp3) is 0.375. The van der Waals surface area contributed by atoms with Crippen molar-refractivity contribution in [2.75, 3.05) is 0 Å². The van der Waals surface area contributed by atoms with Crippen LogP contribution in [0.3, 0.4) is 0 Å². The summed E-state index contributed by atoms with van der Waals surface area (Å²) < 4.78 is 0. The van der Waals surface area contributed by atoms with Gasteiger partial charge in [-0.1, -0.05) is 42.5 Å². The van der Waals surface area contributed by atoms with Gasteiger partial charge in [-0.15, -0.1) is 0 Å². The first-order chi connectivity index (χ1) is 8.84. The summed E-state index contributed by atoms with van der Waals surface area (Å²) in [7, 11) is 0. The first-order valence-corrected chi connectivity index (χ1v) is 6.73. The fourth-order valence-electron chi connectivity index (χ4n) is 2.87. The van der Waals surface area contributed by atoms with E-state index in [1.807, 2.05) is 0 Å². The van der Waals surface area contributed by atoms with Crippen LogP contribution in [-0.4, -0.2) is 17.3 Å². The summed E-state index contributed by atoms with van der Waals surface area (Å²) in [6, 6.07) is 15.1. The van der Waals surface area contributed by atoms with Crippen molar-refractivity contribution in [3.05, 3.63) is 48.0 Å². The van der Waals surface area contributed by atoms with Gasteiger partial charge in [0.2, 0.25) is 0 Å². The Kier molecular flexibility index (Phi) is 3.31. The molecule has 1 aliphatic rings. The third-order valence-electron chi connectivity index (χ3n) is 3.91. The molecule has 2 unspecified atom stereocenters. The first kappa shape index (κ1) is 11.7. The van der Waals surface area contributed by atoms with Crippen molar-refractivity contribution in [3.8, 4) is 0 Å². The second kappa shape index (κ2) is 5.09. The highest BCUT2D eigenvalue weighted by Gasteiger charge is 2.24. The molecule has 2 atom stereocenters. The molecule has 0 amide bonds. The Balaban J connectivity index is 1.78. The van der Waals surface area contributed by atoms with Crippen molar-refractivity contribution < 1.29 is 5.11 Å². The number of fused-ring (bicyclic) bond motifs is 1. The average Bonchev–Trinajstić information content (AvgIpc) is 2.82. The third-order valence-corrected chi connectivity index (χ3v) is 3.91. The normalized spacial score (nSPS) is 23.6. The lowest BCUT2D eigenvalue weighted by molar-refractivity contribution is 0.148. The van der Waals surface area contributed by atoms with Crippen molar-refractivity contribution in [2.24, 2.45) is 0 Å². The number of hydrogen-bond donors (Lipinski definition) is 2. The number of hydrogen-bond acceptors (Lipinski definition) is 2. The van der Waals surface area contributed by atoms with Crippen LogP contribution in [0.5, 0.6) is 0 Å². The molecule has 1 aliphatic carbocycles. The Bertz CT molecular complexity index is 532. The van der Waals surface area contributed by atoms with Gasteiger partial charge in [-0.2, -0.15) is 0 Å². The summed E-state index contributed by atoms with van der Waals surface area (Å²) in [5.41, 5.74) is 1.31. The van der Waals surface area contributed by atoms with Crippen LogP contribution in [0, 0.1) is 0 Å². The second-order valence-corrected chi connectivity index (χ2v) is 5.12. The molecule has 2 aromatic rings. The molecule has 1 fully saturated rings. The number of benzene rings is 2. The summed E-state index contributed by atoms with van der Waals surface area (Å²) in [5, 5.41) is 15.9. The molecule has 0 aliphatic heterocycles. The van der Waals surface area contributed by atoms with Crippen LogP contribution in [0.4, 0.5) is 0 Å². The molecular weight excluding hydrogens is 222 g/mol. The standard InChI is InChI=1S/C16H19NO/c18-16-10-4-9-15(16)17-11-13-7-3-6-12-5-1-2-8-14(12)13/h1-3,5-8,15-18H,4,9-11H2. The lowest BCUT2D eigenvalue weighted by Crippen LogP contribution is -2.35. The van der Waals surface area contributed by atoms with Crippen molar-refractivity contribution in [2.45, 2.75) is 38.0 Å². The van der Waals surface area contributed by atoms with Gasteiger partial charge in [0, 0.05) is 12.6 Å². The molecule has 2 aromatic carbocycles. The Labute approximate surface area is 108 Å². The smallest absolute Gasteiger partial charge is 0.0693 e. The Morgan fingerprint density at radius 1 is 1.06 bits per heavy atom. The van der Waals surface area contributed by atoms with Crippen LogP contribution in [0.1, 0.15) is 24.8 Å². The van der Waals surface area contributed by atoms with Gasteiger partial charge in [0.25, 0.3) is 0 Å². The quantitative estimate of drug-likeness (QED) is 0.866. The van der Waals surface area contributed by atoms with Gasteiger partial charge in [-0.25, -0.2) is 0 Å². The van der Waals surface area contributed by atoms with Crippen LogP contribution >= 0.6 is 0 Å². The monoisotopic (exact) mass is 241 g/mol. The molecule has 2 N–H and O–H groups in total. The molecule has 2 nitrogen and oxygen atoms in total. The molecule has 0 spiro atoms. The van der Waals surface area contributed by atoms with Gasteiger partial charge >= 0.3 is 0 Å². The molecule has 2 heteroatoms. The van der Waals surface area contributed by atoms with Crippen LogP contribution in [0.25, 0.3) is 10.8 Å². The van der Waals surface area contributed by atoms with Gasteiger partial charge in [0.15, 0.2) is 0 Å². The van der Waals surface area contributed by atoms with E-state index >= 15 is 0 Å². The lowest BCUT2D eigenvalue weighted by Gasteiger charge is -2.17. The van der Waals surface area contributed by atoms with E-state index < -0.39 is 0 Å². The van der Waals surface area contributed by atoms with E-state index in [2.05, 4.69) is 47.8 Å². The zero-order chi connectivity index (χ0) is 12.4. The van der Waals surface area contributed by atoms with E-state index in [-0.39, 0.29) is 12.1 Å². The Morgan fingerprint density at radius 2 is 1.89 bits per heavy atom. The van der Waals surface area contributed by atoms with E-state index in [1.165, 1.54) is 16.3 Å². The largest absolute Gasteiger partial charge is 0.392 e. The topological polar surface area (TPSA) is 32.3 Å². The predicted molar refractivity (Wildman–Crippen MR) is 74.4 cm³/mol. The number of nitrogens with one attached hydrogen (secondary N) is 1. The van der Waals surface area contributed by atoms with Crippen LogP contribution in [-0.2, 0) is 6.54 Å². The highest BCUT2D eigenvalue weighted by Crippen LogP contribution is 2.21. The summed E-state index contributed by atoms with van der Waals surface area (Å²) in [6.07, 6.45) is 2.99. The zero-order valence-electron chi connectivity index (χ0n) is 10.5. The predicted octanol–water partition coefficient (Wildman–Crippen LogP) is 2.84. The zero-order valence-corrected chi connectivity index (χ0v) is 10.5. The van der Waals surface area contributed by atoms with E-state index in [0.717, 1.165) is 25.8 Å².